The highest BCUT2D eigenvalue weighted by molar-refractivity contribution is 5.91. The lowest BCUT2D eigenvalue weighted by molar-refractivity contribution is 0.855. The summed E-state index contributed by atoms with van der Waals surface area (Å²) >= 11 is 0. The van der Waals surface area contributed by atoms with E-state index in [0.29, 0.717) is 0 Å². The average Bonchev–Trinajstić information content (AvgIpc) is 2.28. The zero-order valence-electron chi connectivity index (χ0n) is 9.27. The number of benzene rings is 1. The van der Waals surface area contributed by atoms with Crippen LogP contribution in [0.3, 0.4) is 0 Å². The van der Waals surface area contributed by atoms with Gasteiger partial charge in [-0.1, -0.05) is 25.1 Å². The van der Waals surface area contributed by atoms with Crippen molar-refractivity contribution in [2.24, 2.45) is 0 Å². The summed E-state index contributed by atoms with van der Waals surface area (Å²) in [7, 11) is 2.13. The molecule has 2 rings (SSSR count). The predicted octanol–water partition coefficient (Wildman–Crippen LogP) is 3.08. The van der Waals surface area contributed by atoms with Gasteiger partial charge >= 0.3 is 0 Å². The largest absolute Gasteiger partial charge is 0.374 e. The molecule has 0 radical (unpaired) electrons. The van der Waals surface area contributed by atoms with Gasteiger partial charge in [0.25, 0.3) is 0 Å². The van der Waals surface area contributed by atoms with Crippen molar-refractivity contribution in [2.45, 2.75) is 13.3 Å². The Morgan fingerprint density at radius 2 is 2.00 bits per heavy atom. The van der Waals surface area contributed by atoms with Gasteiger partial charge in [-0.2, -0.15) is 0 Å². The van der Waals surface area contributed by atoms with Crippen LogP contribution in [0.1, 0.15) is 13.3 Å². The van der Waals surface area contributed by atoms with Crippen LogP contribution in [0.5, 0.6) is 0 Å². The van der Waals surface area contributed by atoms with E-state index in [0.717, 1.165) is 18.5 Å². The highest BCUT2D eigenvalue weighted by Crippen LogP contribution is 2.23. The molecule has 0 atom stereocenters. The van der Waals surface area contributed by atoms with E-state index >= 15 is 0 Å². The summed E-state index contributed by atoms with van der Waals surface area (Å²) in [6.45, 7) is 3.27. The van der Waals surface area contributed by atoms with Crippen LogP contribution >= 0.6 is 0 Å². The van der Waals surface area contributed by atoms with Crippen LogP contribution in [0.25, 0.3) is 10.9 Å². The maximum Gasteiger partial charge on any atom is 0.0722 e. The van der Waals surface area contributed by atoms with E-state index in [4.69, 9.17) is 0 Å². The quantitative estimate of drug-likeness (QED) is 0.757. The van der Waals surface area contributed by atoms with Gasteiger partial charge in [0.05, 0.1) is 5.52 Å². The van der Waals surface area contributed by atoms with Crippen LogP contribution in [0, 0.1) is 0 Å². The molecule has 2 aromatic rings. The first-order valence-electron chi connectivity index (χ1n) is 5.38. The van der Waals surface area contributed by atoms with Crippen molar-refractivity contribution >= 4 is 16.6 Å². The minimum Gasteiger partial charge on any atom is -0.374 e. The lowest BCUT2D eigenvalue weighted by Gasteiger charge is -2.19. The van der Waals surface area contributed by atoms with Crippen molar-refractivity contribution in [2.75, 3.05) is 18.5 Å². The normalized spacial score (nSPS) is 10.5. The van der Waals surface area contributed by atoms with E-state index in [-0.39, 0.29) is 0 Å². The van der Waals surface area contributed by atoms with Gasteiger partial charge in [-0.3, -0.25) is 4.98 Å². The van der Waals surface area contributed by atoms with Crippen LogP contribution in [0.15, 0.2) is 36.5 Å². The van der Waals surface area contributed by atoms with E-state index in [9.17, 15) is 0 Å². The zero-order valence-corrected chi connectivity index (χ0v) is 9.27. The number of nitrogens with zero attached hydrogens (tertiary/aromatic N) is 2. The van der Waals surface area contributed by atoms with Crippen molar-refractivity contribution in [3.8, 4) is 0 Å². The maximum absolute atomic E-state index is 4.36. The number of fused-ring (bicyclic) bond motifs is 1. The van der Waals surface area contributed by atoms with Gasteiger partial charge in [0, 0.05) is 30.9 Å². The molecule has 2 nitrogen and oxygen atoms in total. The fourth-order valence-corrected chi connectivity index (χ4v) is 1.87. The minimum atomic E-state index is 1.07. The van der Waals surface area contributed by atoms with E-state index in [2.05, 4.69) is 48.1 Å². The lowest BCUT2D eigenvalue weighted by Crippen LogP contribution is -2.17. The Morgan fingerprint density at radius 1 is 1.20 bits per heavy atom. The second-order valence-electron chi connectivity index (χ2n) is 3.77. The second-order valence-corrected chi connectivity index (χ2v) is 3.77. The molecule has 0 N–H and O–H groups in total. The topological polar surface area (TPSA) is 16.1 Å². The molecule has 0 amide bonds. The fourth-order valence-electron chi connectivity index (χ4n) is 1.87. The fraction of sp³-hybridized carbons (Fsp3) is 0.308. The number of para-hydroxylation sites is 1. The average molecular weight is 200 g/mol. The molecule has 0 saturated carbocycles. The zero-order chi connectivity index (χ0) is 10.7. The standard InChI is InChI=1S/C13H16N2/c1-3-10-15(2)13-8-9-14-12-7-5-4-6-11(12)13/h4-9H,3,10H2,1-2H3. The SMILES string of the molecule is CCCN(C)c1ccnc2ccccc12. The number of hydrogen-bond donors (Lipinski definition) is 0. The van der Waals surface area contributed by atoms with E-state index in [1.165, 1.54) is 11.1 Å². The van der Waals surface area contributed by atoms with Gasteiger partial charge in [-0.25, -0.2) is 0 Å². The summed E-state index contributed by atoms with van der Waals surface area (Å²) in [6, 6.07) is 10.4. The molecule has 0 saturated heterocycles. The van der Waals surface area contributed by atoms with Crippen molar-refractivity contribution in [1.82, 2.24) is 4.98 Å². The summed E-state index contributed by atoms with van der Waals surface area (Å²) in [4.78, 5) is 6.64. The number of rotatable bonds is 3. The Labute approximate surface area is 90.6 Å². The Kier molecular flexibility index (Phi) is 2.86. The van der Waals surface area contributed by atoms with Gasteiger partial charge in [0.2, 0.25) is 0 Å². The molecule has 1 heterocycles. The third kappa shape index (κ3) is 1.94. The summed E-state index contributed by atoms with van der Waals surface area (Å²) in [5.41, 5.74) is 2.33. The second kappa shape index (κ2) is 4.30. The first-order valence-corrected chi connectivity index (χ1v) is 5.38. The molecule has 2 heteroatoms. The first kappa shape index (κ1) is 9.97. The van der Waals surface area contributed by atoms with Crippen LogP contribution in [0.2, 0.25) is 0 Å². The van der Waals surface area contributed by atoms with Crippen molar-refractivity contribution in [3.63, 3.8) is 0 Å². The Morgan fingerprint density at radius 3 is 2.80 bits per heavy atom. The number of hydrogen-bond acceptors (Lipinski definition) is 2. The summed E-state index contributed by atoms with van der Waals surface area (Å²) in [6.07, 6.45) is 3.04. The van der Waals surface area contributed by atoms with E-state index < -0.39 is 0 Å². The molecule has 0 aliphatic heterocycles. The highest BCUT2D eigenvalue weighted by Gasteiger charge is 2.04. The molecule has 0 fully saturated rings. The summed E-state index contributed by atoms with van der Waals surface area (Å²) < 4.78 is 0. The summed E-state index contributed by atoms with van der Waals surface area (Å²) in [5, 5.41) is 1.23. The van der Waals surface area contributed by atoms with Crippen LogP contribution < -0.4 is 4.90 Å². The molecular weight excluding hydrogens is 184 g/mol. The number of anilines is 1. The molecule has 0 aliphatic rings. The molecule has 0 bridgehead atoms. The van der Waals surface area contributed by atoms with Crippen LogP contribution in [0.4, 0.5) is 5.69 Å². The third-order valence-corrected chi connectivity index (χ3v) is 2.60. The number of pyridine rings is 1. The Hall–Kier alpha value is -1.57. The minimum absolute atomic E-state index is 1.07. The molecular formula is C13H16N2. The van der Waals surface area contributed by atoms with Crippen LogP contribution in [-0.2, 0) is 0 Å². The van der Waals surface area contributed by atoms with Crippen LogP contribution in [-0.4, -0.2) is 18.6 Å². The van der Waals surface area contributed by atoms with Crippen molar-refractivity contribution < 1.29 is 0 Å². The maximum atomic E-state index is 4.36. The predicted molar refractivity (Wildman–Crippen MR) is 65.3 cm³/mol. The van der Waals surface area contributed by atoms with E-state index in [1.54, 1.807) is 0 Å². The molecule has 0 aliphatic carbocycles. The summed E-state index contributed by atoms with van der Waals surface area (Å²) in [5.74, 6) is 0. The number of aromatic nitrogens is 1. The Bertz CT molecular complexity index is 446. The molecule has 78 valence electrons. The third-order valence-electron chi connectivity index (χ3n) is 2.60. The van der Waals surface area contributed by atoms with Gasteiger partial charge in [-0.05, 0) is 18.6 Å². The smallest absolute Gasteiger partial charge is 0.0722 e. The van der Waals surface area contributed by atoms with Gasteiger partial charge in [-0.15, -0.1) is 0 Å². The molecule has 1 aromatic carbocycles. The molecule has 0 spiro atoms. The first-order chi connectivity index (χ1) is 7.33. The molecule has 0 unspecified atom stereocenters. The highest BCUT2D eigenvalue weighted by atomic mass is 15.1. The molecule has 1 aromatic heterocycles. The molecule has 15 heavy (non-hydrogen) atoms. The monoisotopic (exact) mass is 200 g/mol. The van der Waals surface area contributed by atoms with Gasteiger partial charge in [0.15, 0.2) is 0 Å². The lowest BCUT2D eigenvalue weighted by atomic mass is 10.1. The van der Waals surface area contributed by atoms with Gasteiger partial charge in [0.1, 0.15) is 0 Å². The van der Waals surface area contributed by atoms with Gasteiger partial charge < -0.3 is 4.90 Å². The Balaban J connectivity index is 2.50. The van der Waals surface area contributed by atoms with Crippen molar-refractivity contribution in [1.29, 1.82) is 0 Å². The van der Waals surface area contributed by atoms with Crippen molar-refractivity contribution in [3.05, 3.63) is 36.5 Å². The van der Waals surface area contributed by atoms with E-state index in [1.807, 2.05) is 12.3 Å².